The molecule has 0 heterocycles. The van der Waals surface area contributed by atoms with Gasteiger partial charge in [0.2, 0.25) is 5.91 Å². The van der Waals surface area contributed by atoms with Gasteiger partial charge in [-0.2, -0.15) is 0 Å². The lowest BCUT2D eigenvalue weighted by Gasteiger charge is -2.05. The maximum atomic E-state index is 11.7. The van der Waals surface area contributed by atoms with E-state index in [-0.39, 0.29) is 5.91 Å². The van der Waals surface area contributed by atoms with Gasteiger partial charge in [0.15, 0.2) is 0 Å². The average Bonchev–Trinajstić information content (AvgIpc) is 2.39. The largest absolute Gasteiger partial charge is 0.352 e. The molecule has 85 valence electrons. The van der Waals surface area contributed by atoms with Gasteiger partial charge >= 0.3 is 0 Å². The summed E-state index contributed by atoms with van der Waals surface area (Å²) in [7, 11) is 0. The molecule has 0 bridgehead atoms. The van der Waals surface area contributed by atoms with Crippen LogP contribution in [0.3, 0.4) is 0 Å². The zero-order valence-corrected chi connectivity index (χ0v) is 9.52. The summed E-state index contributed by atoms with van der Waals surface area (Å²) < 4.78 is 0. The molecule has 1 radical (unpaired) electrons. The van der Waals surface area contributed by atoms with E-state index in [2.05, 4.69) is 11.4 Å². The zero-order valence-electron chi connectivity index (χ0n) is 9.52. The van der Waals surface area contributed by atoms with E-state index < -0.39 is 0 Å². The topological polar surface area (TPSA) is 29.1 Å². The minimum Gasteiger partial charge on any atom is -0.352 e. The molecule has 0 unspecified atom stereocenters. The van der Waals surface area contributed by atoms with Crippen LogP contribution in [0.2, 0.25) is 0 Å². The normalized spacial score (nSPS) is 9.88. The molecule has 2 heteroatoms. The molecule has 2 aromatic carbocycles. The highest BCUT2D eigenvalue weighted by Gasteiger charge is 2.02. The molecule has 17 heavy (non-hydrogen) atoms. The van der Waals surface area contributed by atoms with Gasteiger partial charge in [-0.15, -0.1) is 0 Å². The number of rotatable bonds is 4. The number of carbonyl (C=O) groups excluding carboxylic acids is 1. The summed E-state index contributed by atoms with van der Waals surface area (Å²) in [5, 5.41) is 2.89. The third-order valence-electron chi connectivity index (χ3n) is 2.47. The summed E-state index contributed by atoms with van der Waals surface area (Å²) in [5.41, 5.74) is 2.10. The van der Waals surface area contributed by atoms with Gasteiger partial charge in [0.1, 0.15) is 0 Å². The molecular formula is C15H14NO. The van der Waals surface area contributed by atoms with E-state index in [0.29, 0.717) is 13.0 Å². The van der Waals surface area contributed by atoms with E-state index in [1.807, 2.05) is 54.6 Å². The molecule has 0 aromatic heterocycles. The first-order valence-corrected chi connectivity index (χ1v) is 5.60. The number of amides is 1. The molecule has 0 aliphatic rings. The van der Waals surface area contributed by atoms with Crippen LogP contribution in [-0.2, 0) is 17.8 Å². The summed E-state index contributed by atoms with van der Waals surface area (Å²) in [6.07, 6.45) is 0.407. The Hall–Kier alpha value is -2.09. The van der Waals surface area contributed by atoms with Gasteiger partial charge in [0, 0.05) is 6.54 Å². The van der Waals surface area contributed by atoms with E-state index >= 15 is 0 Å². The van der Waals surface area contributed by atoms with Crippen LogP contribution < -0.4 is 5.32 Å². The molecular weight excluding hydrogens is 210 g/mol. The third kappa shape index (κ3) is 3.76. The first kappa shape index (κ1) is 11.4. The van der Waals surface area contributed by atoms with Crippen LogP contribution in [0, 0.1) is 6.07 Å². The average molecular weight is 224 g/mol. The van der Waals surface area contributed by atoms with Crippen LogP contribution in [-0.4, -0.2) is 5.91 Å². The van der Waals surface area contributed by atoms with Gasteiger partial charge in [-0.3, -0.25) is 4.79 Å². The summed E-state index contributed by atoms with van der Waals surface area (Å²) in [6, 6.07) is 20.3. The Balaban J connectivity index is 1.83. The molecule has 1 amide bonds. The van der Waals surface area contributed by atoms with Crippen molar-refractivity contribution in [2.45, 2.75) is 13.0 Å². The second-order valence-electron chi connectivity index (χ2n) is 3.85. The van der Waals surface area contributed by atoms with E-state index in [9.17, 15) is 4.79 Å². The second-order valence-corrected chi connectivity index (χ2v) is 3.85. The van der Waals surface area contributed by atoms with Crippen LogP contribution in [0.4, 0.5) is 0 Å². The maximum absolute atomic E-state index is 11.7. The van der Waals surface area contributed by atoms with Gasteiger partial charge in [-0.1, -0.05) is 54.6 Å². The fourth-order valence-corrected chi connectivity index (χ4v) is 1.58. The van der Waals surface area contributed by atoms with Gasteiger partial charge in [-0.25, -0.2) is 0 Å². The van der Waals surface area contributed by atoms with Crippen LogP contribution >= 0.6 is 0 Å². The number of nitrogens with one attached hydrogen (secondary N) is 1. The predicted octanol–water partition coefficient (Wildman–Crippen LogP) is 2.35. The van der Waals surface area contributed by atoms with Gasteiger partial charge in [0.25, 0.3) is 0 Å². The molecule has 1 N–H and O–H groups in total. The van der Waals surface area contributed by atoms with E-state index in [4.69, 9.17) is 0 Å². The molecule has 0 atom stereocenters. The molecule has 0 spiro atoms. The maximum Gasteiger partial charge on any atom is 0.224 e. The second kappa shape index (κ2) is 5.85. The standard InChI is InChI=1S/C15H14NO/c17-15(11-13-7-3-1-4-8-13)16-12-14-9-5-2-6-10-14/h1-3,5-10H,11-12H2,(H,16,17). The van der Waals surface area contributed by atoms with E-state index in [0.717, 1.165) is 11.1 Å². The molecule has 2 nitrogen and oxygen atoms in total. The Morgan fingerprint density at radius 2 is 1.82 bits per heavy atom. The van der Waals surface area contributed by atoms with E-state index in [1.54, 1.807) is 0 Å². The van der Waals surface area contributed by atoms with Gasteiger partial charge < -0.3 is 5.32 Å². The van der Waals surface area contributed by atoms with Crippen molar-refractivity contribution < 1.29 is 4.79 Å². The number of hydrogen-bond acceptors (Lipinski definition) is 1. The smallest absolute Gasteiger partial charge is 0.224 e. The Morgan fingerprint density at radius 3 is 2.53 bits per heavy atom. The summed E-state index contributed by atoms with van der Waals surface area (Å²) in [6.45, 7) is 0.580. The molecule has 0 fully saturated rings. The highest BCUT2D eigenvalue weighted by molar-refractivity contribution is 5.78. The summed E-state index contributed by atoms with van der Waals surface area (Å²) in [5.74, 6) is 0.0356. The van der Waals surface area contributed by atoms with Crippen molar-refractivity contribution >= 4 is 5.91 Å². The van der Waals surface area contributed by atoms with Gasteiger partial charge in [-0.05, 0) is 17.2 Å². The van der Waals surface area contributed by atoms with Crippen molar-refractivity contribution in [2.24, 2.45) is 0 Å². The molecule has 2 rings (SSSR count). The highest BCUT2D eigenvalue weighted by atomic mass is 16.1. The SMILES string of the molecule is O=C(Cc1c[c]ccc1)NCc1ccccc1. The van der Waals surface area contributed by atoms with Crippen LogP contribution in [0.15, 0.2) is 54.6 Å². The van der Waals surface area contributed by atoms with Crippen molar-refractivity contribution in [1.29, 1.82) is 0 Å². The lowest BCUT2D eigenvalue weighted by atomic mass is 10.1. The Labute approximate surface area is 101 Å². The van der Waals surface area contributed by atoms with Crippen molar-refractivity contribution in [1.82, 2.24) is 5.32 Å². The molecule has 0 saturated heterocycles. The molecule has 0 saturated carbocycles. The van der Waals surface area contributed by atoms with Crippen molar-refractivity contribution in [3.05, 3.63) is 71.8 Å². The Morgan fingerprint density at radius 1 is 1.06 bits per heavy atom. The number of hydrogen-bond donors (Lipinski definition) is 1. The minimum atomic E-state index is 0.0356. The Bertz CT molecular complexity index is 465. The minimum absolute atomic E-state index is 0.0356. The van der Waals surface area contributed by atoms with Crippen LogP contribution in [0.1, 0.15) is 11.1 Å². The summed E-state index contributed by atoms with van der Waals surface area (Å²) in [4.78, 5) is 11.7. The summed E-state index contributed by atoms with van der Waals surface area (Å²) >= 11 is 0. The monoisotopic (exact) mass is 224 g/mol. The predicted molar refractivity (Wildman–Crippen MR) is 67.3 cm³/mol. The first-order chi connectivity index (χ1) is 8.34. The molecule has 2 aromatic rings. The fourth-order valence-electron chi connectivity index (χ4n) is 1.58. The van der Waals surface area contributed by atoms with Gasteiger partial charge in [0.05, 0.1) is 6.42 Å². The van der Waals surface area contributed by atoms with Crippen molar-refractivity contribution in [3.63, 3.8) is 0 Å². The van der Waals surface area contributed by atoms with E-state index in [1.165, 1.54) is 0 Å². The van der Waals surface area contributed by atoms with Crippen molar-refractivity contribution in [3.8, 4) is 0 Å². The van der Waals surface area contributed by atoms with Crippen molar-refractivity contribution in [2.75, 3.05) is 0 Å². The zero-order chi connectivity index (χ0) is 11.9. The molecule has 0 aliphatic heterocycles. The fraction of sp³-hybridized carbons (Fsp3) is 0.133. The number of carbonyl (C=O) groups is 1. The number of benzene rings is 2. The lowest BCUT2D eigenvalue weighted by Crippen LogP contribution is -2.24. The van der Waals surface area contributed by atoms with Crippen LogP contribution in [0.5, 0.6) is 0 Å². The molecule has 0 aliphatic carbocycles. The van der Waals surface area contributed by atoms with Crippen LogP contribution in [0.25, 0.3) is 0 Å². The Kier molecular flexibility index (Phi) is 3.92. The first-order valence-electron chi connectivity index (χ1n) is 5.60. The third-order valence-corrected chi connectivity index (χ3v) is 2.47. The quantitative estimate of drug-likeness (QED) is 0.848. The lowest BCUT2D eigenvalue weighted by molar-refractivity contribution is -0.120. The highest BCUT2D eigenvalue weighted by Crippen LogP contribution is 2.00.